The number of aromatic nitrogens is 5. The number of carbonyl (C=O) groups excluding carboxylic acids is 1. The second-order valence-electron chi connectivity index (χ2n) is 9.31. The molecule has 5 rings (SSSR count). The van der Waals surface area contributed by atoms with Crippen LogP contribution in [-0.2, 0) is 26.4 Å². The molecule has 34 heavy (non-hydrogen) atoms. The number of fused-ring (bicyclic) bond motifs is 3. The molecule has 2 aromatic heterocycles. The van der Waals surface area contributed by atoms with Crippen LogP contribution in [0.4, 0.5) is 0 Å². The molecule has 0 unspecified atom stereocenters. The van der Waals surface area contributed by atoms with Gasteiger partial charge in [-0.15, -0.1) is 10.2 Å². The van der Waals surface area contributed by atoms with E-state index in [9.17, 15) is 10.1 Å². The Labute approximate surface area is 198 Å². The Morgan fingerprint density at radius 1 is 1.26 bits per heavy atom. The first-order valence-electron chi connectivity index (χ1n) is 11.8. The second kappa shape index (κ2) is 8.28. The highest BCUT2D eigenvalue weighted by Crippen LogP contribution is 2.42. The SMILES string of the molecule is CCCc1cc(C(=O)N2CCC[C@]2(C)C#N)n2c1-c1cc(-c3nnn(C)n3)c(OC)cc1CC2. The maximum absolute atomic E-state index is 13.7. The molecule has 0 saturated carbocycles. The van der Waals surface area contributed by atoms with Crippen LogP contribution in [0.2, 0.25) is 0 Å². The lowest BCUT2D eigenvalue weighted by Gasteiger charge is -2.30. The number of hydrogen-bond acceptors (Lipinski definition) is 6. The summed E-state index contributed by atoms with van der Waals surface area (Å²) in [7, 11) is 3.38. The molecule has 1 fully saturated rings. The van der Waals surface area contributed by atoms with E-state index in [-0.39, 0.29) is 5.91 Å². The highest BCUT2D eigenvalue weighted by molar-refractivity contribution is 5.96. The third-order valence-electron chi connectivity index (χ3n) is 7.08. The predicted molar refractivity (Wildman–Crippen MR) is 126 cm³/mol. The van der Waals surface area contributed by atoms with E-state index >= 15 is 0 Å². The zero-order valence-electron chi connectivity index (χ0n) is 20.1. The number of rotatable bonds is 5. The van der Waals surface area contributed by atoms with E-state index in [2.05, 4.69) is 45.1 Å². The van der Waals surface area contributed by atoms with E-state index in [1.807, 2.05) is 13.0 Å². The van der Waals surface area contributed by atoms with Crippen LogP contribution in [0, 0.1) is 11.3 Å². The number of benzene rings is 1. The number of tetrazole rings is 1. The normalized spacial score (nSPS) is 19.0. The summed E-state index contributed by atoms with van der Waals surface area (Å²) in [6, 6.07) is 8.53. The summed E-state index contributed by atoms with van der Waals surface area (Å²) in [5.74, 6) is 1.15. The van der Waals surface area contributed by atoms with Gasteiger partial charge in [0.1, 0.15) is 17.0 Å². The van der Waals surface area contributed by atoms with Crippen LogP contribution in [0.1, 0.15) is 54.7 Å². The zero-order chi connectivity index (χ0) is 24.0. The van der Waals surface area contributed by atoms with Gasteiger partial charge in [-0.25, -0.2) is 0 Å². The van der Waals surface area contributed by atoms with Crippen molar-refractivity contribution in [3.63, 3.8) is 0 Å². The Kier molecular flexibility index (Phi) is 5.39. The zero-order valence-corrected chi connectivity index (χ0v) is 20.1. The van der Waals surface area contributed by atoms with Crippen molar-refractivity contribution in [2.75, 3.05) is 13.7 Å². The molecule has 0 N–H and O–H groups in total. The van der Waals surface area contributed by atoms with E-state index in [0.717, 1.165) is 48.1 Å². The van der Waals surface area contributed by atoms with Gasteiger partial charge in [-0.2, -0.15) is 10.1 Å². The first-order chi connectivity index (χ1) is 16.4. The Hall–Kier alpha value is -3.67. The van der Waals surface area contributed by atoms with Crippen molar-refractivity contribution < 1.29 is 9.53 Å². The molecule has 3 aromatic rings. The lowest BCUT2D eigenvalue weighted by molar-refractivity contribution is 0.0682. The predicted octanol–water partition coefficient (Wildman–Crippen LogP) is 3.38. The summed E-state index contributed by atoms with van der Waals surface area (Å²) >= 11 is 0. The minimum absolute atomic E-state index is 0.0575. The Balaban J connectivity index is 1.66. The van der Waals surface area contributed by atoms with E-state index in [1.165, 1.54) is 10.4 Å². The molecule has 1 amide bonds. The number of aryl methyl sites for hydroxylation is 3. The van der Waals surface area contributed by atoms with Crippen LogP contribution >= 0.6 is 0 Å². The van der Waals surface area contributed by atoms with E-state index in [0.29, 0.717) is 36.8 Å². The standard InChI is InChI=1S/C25H29N7O2/c1-5-7-17-12-20(24(33)32-10-6-9-25(32,2)15-26)31-11-8-16-13-21(34-4)19(14-18(16)22(17)31)23-27-29-30(3)28-23/h12-14H,5-11H2,1-4H3/t25-/m1/s1. The van der Waals surface area contributed by atoms with Crippen LogP contribution in [0.3, 0.4) is 0 Å². The lowest BCUT2D eigenvalue weighted by Crippen LogP contribution is -2.44. The summed E-state index contributed by atoms with van der Waals surface area (Å²) in [6.45, 7) is 5.33. The summed E-state index contributed by atoms with van der Waals surface area (Å²) in [6.07, 6.45) is 4.17. The van der Waals surface area contributed by atoms with Crippen LogP contribution in [-0.4, -0.2) is 54.8 Å². The van der Waals surface area contributed by atoms with Crippen LogP contribution in [0.5, 0.6) is 5.75 Å². The van der Waals surface area contributed by atoms with E-state index in [1.54, 1.807) is 19.1 Å². The number of nitriles is 1. The first kappa shape index (κ1) is 22.1. The summed E-state index contributed by atoms with van der Waals surface area (Å²) in [5.41, 5.74) is 5.15. The molecule has 0 spiro atoms. The number of methoxy groups -OCH3 is 1. The number of amides is 1. The highest BCUT2D eigenvalue weighted by Gasteiger charge is 2.41. The van der Waals surface area contributed by atoms with Gasteiger partial charge in [0.25, 0.3) is 5.91 Å². The van der Waals surface area contributed by atoms with Gasteiger partial charge < -0.3 is 14.2 Å². The fraction of sp³-hybridized carbons (Fsp3) is 0.480. The van der Waals surface area contributed by atoms with Gasteiger partial charge in [0.2, 0.25) is 5.82 Å². The van der Waals surface area contributed by atoms with E-state index < -0.39 is 5.54 Å². The quantitative estimate of drug-likeness (QED) is 0.580. The fourth-order valence-electron chi connectivity index (χ4n) is 5.35. The molecule has 2 aliphatic heterocycles. The fourth-order valence-corrected chi connectivity index (χ4v) is 5.35. The number of hydrogen-bond donors (Lipinski definition) is 0. The van der Waals surface area contributed by atoms with Gasteiger partial charge in [0.05, 0.1) is 31.5 Å². The van der Waals surface area contributed by atoms with Crippen molar-refractivity contribution >= 4 is 5.91 Å². The maximum Gasteiger partial charge on any atom is 0.271 e. The lowest BCUT2D eigenvalue weighted by atomic mass is 9.92. The average molecular weight is 460 g/mol. The highest BCUT2D eigenvalue weighted by atomic mass is 16.5. The number of nitrogens with zero attached hydrogens (tertiary/aromatic N) is 7. The van der Waals surface area contributed by atoms with Gasteiger partial charge >= 0.3 is 0 Å². The smallest absolute Gasteiger partial charge is 0.271 e. The molecule has 0 bridgehead atoms. The molecular weight excluding hydrogens is 430 g/mol. The van der Waals surface area contributed by atoms with Crippen molar-refractivity contribution in [2.24, 2.45) is 7.05 Å². The third-order valence-corrected chi connectivity index (χ3v) is 7.08. The summed E-state index contributed by atoms with van der Waals surface area (Å²) in [4.78, 5) is 16.9. The molecule has 0 aliphatic carbocycles. The Morgan fingerprint density at radius 2 is 2.09 bits per heavy atom. The molecule has 176 valence electrons. The largest absolute Gasteiger partial charge is 0.496 e. The molecule has 4 heterocycles. The van der Waals surface area contributed by atoms with Crippen molar-refractivity contribution in [1.82, 2.24) is 29.7 Å². The molecular formula is C25H29N7O2. The van der Waals surface area contributed by atoms with Gasteiger partial charge in [0, 0.05) is 18.7 Å². The van der Waals surface area contributed by atoms with Crippen LogP contribution < -0.4 is 4.74 Å². The van der Waals surface area contributed by atoms with Crippen molar-refractivity contribution in [1.29, 1.82) is 5.26 Å². The van der Waals surface area contributed by atoms with Gasteiger partial charge in [-0.3, -0.25) is 4.79 Å². The van der Waals surface area contributed by atoms with Gasteiger partial charge in [-0.05, 0) is 67.1 Å². The molecule has 1 aromatic carbocycles. The van der Waals surface area contributed by atoms with Crippen molar-refractivity contribution in [2.45, 2.75) is 58.0 Å². The second-order valence-corrected chi connectivity index (χ2v) is 9.31. The molecule has 9 heteroatoms. The molecule has 1 saturated heterocycles. The number of carbonyl (C=O) groups is 1. The monoisotopic (exact) mass is 459 g/mol. The number of likely N-dealkylation sites (tertiary alicyclic amines) is 1. The minimum atomic E-state index is -0.753. The molecule has 1 atom stereocenters. The maximum atomic E-state index is 13.7. The Morgan fingerprint density at radius 3 is 2.76 bits per heavy atom. The molecule has 2 aliphatic rings. The topological polar surface area (TPSA) is 102 Å². The van der Waals surface area contributed by atoms with Crippen LogP contribution in [0.25, 0.3) is 22.6 Å². The first-order valence-corrected chi connectivity index (χ1v) is 11.8. The van der Waals surface area contributed by atoms with Crippen molar-refractivity contribution in [3.8, 4) is 34.5 Å². The van der Waals surface area contributed by atoms with Gasteiger partial charge in [-0.1, -0.05) is 13.3 Å². The molecule has 0 radical (unpaired) electrons. The number of ether oxygens (including phenoxy) is 1. The average Bonchev–Trinajstić information content (AvgIpc) is 3.55. The Bertz CT molecular complexity index is 1320. The van der Waals surface area contributed by atoms with E-state index in [4.69, 9.17) is 4.74 Å². The van der Waals surface area contributed by atoms with Crippen LogP contribution in [0.15, 0.2) is 18.2 Å². The molecule has 9 nitrogen and oxygen atoms in total. The summed E-state index contributed by atoms with van der Waals surface area (Å²) in [5, 5.41) is 22.3. The third kappa shape index (κ3) is 3.36. The summed E-state index contributed by atoms with van der Waals surface area (Å²) < 4.78 is 7.82. The van der Waals surface area contributed by atoms with Crippen molar-refractivity contribution in [3.05, 3.63) is 35.0 Å². The minimum Gasteiger partial charge on any atom is -0.496 e. The van der Waals surface area contributed by atoms with Gasteiger partial charge in [0.15, 0.2) is 0 Å².